The number of rotatable bonds is 2. The van der Waals surface area contributed by atoms with Gasteiger partial charge in [0, 0.05) is 5.92 Å². The average molecular weight is 332 g/mol. The highest BCUT2D eigenvalue weighted by atomic mass is 16.7. The van der Waals surface area contributed by atoms with Gasteiger partial charge in [-0.15, -0.1) is 0 Å². The zero-order valence-corrected chi connectivity index (χ0v) is 15.5. The molecule has 1 aliphatic heterocycles. The monoisotopic (exact) mass is 332 g/mol. The van der Waals surface area contributed by atoms with E-state index in [4.69, 9.17) is 9.31 Å². The minimum absolute atomic E-state index is 0.339. The molecule has 2 aromatic carbocycles. The van der Waals surface area contributed by atoms with Gasteiger partial charge in [-0.05, 0) is 55.9 Å². The SMILES string of the molecule is CC1(C)OB(c2c(C3C=CC=CC3)ccc3ccccc23)OC1(C)C. The minimum Gasteiger partial charge on any atom is -0.399 e. The van der Waals surface area contributed by atoms with Crippen LogP contribution in [0, 0.1) is 0 Å². The molecule has 0 bridgehead atoms. The lowest BCUT2D eigenvalue weighted by molar-refractivity contribution is 0.00578. The Balaban J connectivity index is 1.88. The van der Waals surface area contributed by atoms with Crippen LogP contribution in [0.3, 0.4) is 0 Å². The maximum absolute atomic E-state index is 6.43. The predicted molar refractivity (Wildman–Crippen MR) is 105 cm³/mol. The fraction of sp³-hybridized carbons (Fsp3) is 0.364. The van der Waals surface area contributed by atoms with Crippen LogP contribution in [0.5, 0.6) is 0 Å². The van der Waals surface area contributed by atoms with Gasteiger partial charge in [0.1, 0.15) is 0 Å². The topological polar surface area (TPSA) is 18.5 Å². The van der Waals surface area contributed by atoms with Gasteiger partial charge >= 0.3 is 7.12 Å². The second-order valence-corrected chi connectivity index (χ2v) is 8.03. The molecule has 0 aromatic heterocycles. The lowest BCUT2D eigenvalue weighted by atomic mass is 9.69. The summed E-state index contributed by atoms with van der Waals surface area (Å²) in [6.45, 7) is 8.45. The summed E-state index contributed by atoms with van der Waals surface area (Å²) in [5.41, 5.74) is 1.81. The smallest absolute Gasteiger partial charge is 0.399 e. The molecule has 1 saturated heterocycles. The number of hydrogen-bond donors (Lipinski definition) is 0. The highest BCUT2D eigenvalue weighted by Crippen LogP contribution is 2.38. The lowest BCUT2D eigenvalue weighted by Crippen LogP contribution is -2.41. The summed E-state index contributed by atoms with van der Waals surface area (Å²) < 4.78 is 12.9. The van der Waals surface area contributed by atoms with E-state index in [-0.39, 0.29) is 18.3 Å². The van der Waals surface area contributed by atoms with Crippen molar-refractivity contribution in [3.05, 3.63) is 66.3 Å². The molecule has 1 fully saturated rings. The van der Waals surface area contributed by atoms with Crippen molar-refractivity contribution in [1.29, 1.82) is 0 Å². The van der Waals surface area contributed by atoms with E-state index in [0.717, 1.165) is 6.42 Å². The summed E-state index contributed by atoms with van der Waals surface area (Å²) >= 11 is 0. The maximum atomic E-state index is 6.43. The Hall–Kier alpha value is -1.84. The molecule has 2 aromatic rings. The van der Waals surface area contributed by atoms with Crippen molar-refractivity contribution in [3.8, 4) is 0 Å². The molecule has 0 radical (unpaired) electrons. The second kappa shape index (κ2) is 5.86. The molecule has 1 aliphatic carbocycles. The van der Waals surface area contributed by atoms with Crippen molar-refractivity contribution in [1.82, 2.24) is 0 Å². The molecular weight excluding hydrogens is 307 g/mol. The van der Waals surface area contributed by atoms with Crippen LogP contribution in [-0.2, 0) is 9.31 Å². The van der Waals surface area contributed by atoms with Crippen LogP contribution in [-0.4, -0.2) is 18.3 Å². The normalized spacial score (nSPS) is 24.2. The van der Waals surface area contributed by atoms with Gasteiger partial charge in [-0.25, -0.2) is 0 Å². The summed E-state index contributed by atoms with van der Waals surface area (Å²) in [5, 5.41) is 2.45. The number of hydrogen-bond acceptors (Lipinski definition) is 2. The van der Waals surface area contributed by atoms with Crippen LogP contribution in [0.25, 0.3) is 10.8 Å². The third-order valence-corrected chi connectivity index (χ3v) is 5.87. The predicted octanol–water partition coefficient (Wildman–Crippen LogP) is 4.74. The first-order valence-electron chi connectivity index (χ1n) is 9.09. The van der Waals surface area contributed by atoms with Crippen LogP contribution >= 0.6 is 0 Å². The fourth-order valence-corrected chi connectivity index (χ4v) is 3.67. The first-order valence-corrected chi connectivity index (χ1v) is 9.09. The number of benzene rings is 2. The Morgan fingerprint density at radius 2 is 1.64 bits per heavy atom. The average Bonchev–Trinajstić information content (AvgIpc) is 2.82. The summed E-state index contributed by atoms with van der Waals surface area (Å²) in [7, 11) is -0.342. The van der Waals surface area contributed by atoms with Gasteiger partial charge in [0.05, 0.1) is 11.2 Å². The van der Waals surface area contributed by atoms with Crippen molar-refractivity contribution in [2.45, 2.75) is 51.2 Å². The van der Waals surface area contributed by atoms with E-state index in [1.165, 1.54) is 21.8 Å². The quantitative estimate of drug-likeness (QED) is 0.740. The van der Waals surface area contributed by atoms with Gasteiger partial charge < -0.3 is 9.31 Å². The molecule has 128 valence electrons. The zero-order valence-electron chi connectivity index (χ0n) is 15.5. The van der Waals surface area contributed by atoms with Crippen LogP contribution in [0.15, 0.2) is 60.7 Å². The Morgan fingerprint density at radius 3 is 2.32 bits per heavy atom. The molecule has 1 unspecified atom stereocenters. The van der Waals surface area contributed by atoms with E-state index in [2.05, 4.69) is 88.4 Å². The molecule has 3 heteroatoms. The minimum atomic E-state index is -0.342. The van der Waals surface area contributed by atoms with Crippen molar-refractivity contribution < 1.29 is 9.31 Å². The third kappa shape index (κ3) is 2.76. The summed E-state index contributed by atoms with van der Waals surface area (Å²) in [5.74, 6) is 0.364. The van der Waals surface area contributed by atoms with Gasteiger partial charge in [-0.2, -0.15) is 0 Å². The highest BCUT2D eigenvalue weighted by Gasteiger charge is 2.52. The van der Waals surface area contributed by atoms with E-state index in [9.17, 15) is 0 Å². The third-order valence-electron chi connectivity index (χ3n) is 5.87. The van der Waals surface area contributed by atoms with E-state index >= 15 is 0 Å². The van der Waals surface area contributed by atoms with Crippen molar-refractivity contribution in [2.24, 2.45) is 0 Å². The number of allylic oxidation sites excluding steroid dienone is 4. The van der Waals surface area contributed by atoms with Gasteiger partial charge in [0.25, 0.3) is 0 Å². The van der Waals surface area contributed by atoms with Crippen LogP contribution in [0.2, 0.25) is 0 Å². The molecule has 0 spiro atoms. The van der Waals surface area contributed by atoms with Gasteiger partial charge in [0.2, 0.25) is 0 Å². The summed E-state index contributed by atoms with van der Waals surface area (Å²) in [6, 6.07) is 13.0. The zero-order chi connectivity index (χ0) is 17.7. The molecule has 1 atom stereocenters. The highest BCUT2D eigenvalue weighted by molar-refractivity contribution is 6.65. The summed E-state index contributed by atoms with van der Waals surface area (Å²) in [4.78, 5) is 0. The molecule has 25 heavy (non-hydrogen) atoms. The molecule has 0 N–H and O–H groups in total. The fourth-order valence-electron chi connectivity index (χ4n) is 3.67. The standard InChI is InChI=1S/C22H25BO2/c1-21(2)22(3,4)25-23(24-21)20-18-13-9-8-12-17(18)14-15-19(20)16-10-6-5-7-11-16/h5-10,12-16H,11H2,1-4H3. The molecule has 2 aliphatic rings. The summed E-state index contributed by atoms with van der Waals surface area (Å²) in [6.07, 6.45) is 9.78. The molecule has 4 rings (SSSR count). The largest absolute Gasteiger partial charge is 0.495 e. The van der Waals surface area contributed by atoms with Crippen LogP contribution in [0.1, 0.15) is 45.6 Å². The Bertz CT molecular complexity index is 847. The Kier molecular flexibility index (Phi) is 3.90. The molecule has 1 heterocycles. The van der Waals surface area contributed by atoms with Gasteiger partial charge in [-0.3, -0.25) is 0 Å². The Morgan fingerprint density at radius 1 is 0.920 bits per heavy atom. The second-order valence-electron chi connectivity index (χ2n) is 8.03. The van der Waals surface area contributed by atoms with Crippen molar-refractivity contribution in [3.63, 3.8) is 0 Å². The Labute approximate surface area is 150 Å². The first-order chi connectivity index (χ1) is 11.9. The lowest BCUT2D eigenvalue weighted by Gasteiger charge is -2.32. The van der Waals surface area contributed by atoms with Crippen LogP contribution < -0.4 is 5.46 Å². The van der Waals surface area contributed by atoms with Crippen molar-refractivity contribution in [2.75, 3.05) is 0 Å². The van der Waals surface area contributed by atoms with Crippen LogP contribution in [0.4, 0.5) is 0 Å². The van der Waals surface area contributed by atoms with E-state index < -0.39 is 0 Å². The van der Waals surface area contributed by atoms with Crippen molar-refractivity contribution >= 4 is 23.4 Å². The van der Waals surface area contributed by atoms with E-state index in [0.29, 0.717) is 5.92 Å². The molecule has 2 nitrogen and oxygen atoms in total. The van der Waals surface area contributed by atoms with Gasteiger partial charge in [-0.1, -0.05) is 60.7 Å². The maximum Gasteiger partial charge on any atom is 0.495 e. The first kappa shape index (κ1) is 16.6. The number of fused-ring (bicyclic) bond motifs is 1. The molecule has 0 amide bonds. The van der Waals surface area contributed by atoms with Gasteiger partial charge in [0.15, 0.2) is 0 Å². The molecular formula is C22H25BO2. The van der Waals surface area contributed by atoms with E-state index in [1.54, 1.807) is 0 Å². The molecule has 0 saturated carbocycles. The van der Waals surface area contributed by atoms with E-state index in [1.807, 2.05) is 0 Å².